The van der Waals surface area contributed by atoms with E-state index in [-0.39, 0.29) is 0 Å². The van der Waals surface area contributed by atoms with E-state index in [2.05, 4.69) is 41.5 Å². The molecular formula is C16H24N2. The molecule has 1 N–H and O–H groups in total. The van der Waals surface area contributed by atoms with E-state index in [0.29, 0.717) is 6.04 Å². The lowest BCUT2D eigenvalue weighted by Gasteiger charge is -2.36. The molecule has 1 atom stereocenters. The lowest BCUT2D eigenvalue weighted by Crippen LogP contribution is -2.41. The number of likely N-dealkylation sites (N-methyl/N-ethyl adjacent to an activating group) is 1. The fraction of sp³-hybridized carbons (Fsp3) is 0.625. The molecule has 2 fully saturated rings. The molecule has 1 aromatic carbocycles. The maximum Gasteiger partial charge on any atom is 0.0107 e. The summed E-state index contributed by atoms with van der Waals surface area (Å²) in [4.78, 5) is 2.38. The van der Waals surface area contributed by atoms with E-state index in [1.54, 1.807) is 0 Å². The molecule has 0 bridgehead atoms. The van der Waals surface area contributed by atoms with Crippen LogP contribution < -0.4 is 5.32 Å². The normalized spacial score (nSPS) is 25.9. The molecule has 0 aliphatic carbocycles. The van der Waals surface area contributed by atoms with E-state index < -0.39 is 0 Å². The van der Waals surface area contributed by atoms with Gasteiger partial charge in [-0.15, -0.1) is 0 Å². The maximum atomic E-state index is 3.63. The number of piperidine rings is 1. The molecule has 2 heterocycles. The number of nitrogens with zero attached hydrogens (tertiary/aromatic N) is 1. The molecule has 0 saturated carbocycles. The van der Waals surface area contributed by atoms with E-state index in [4.69, 9.17) is 0 Å². The third-order valence-electron chi connectivity index (χ3n) is 4.41. The summed E-state index contributed by atoms with van der Waals surface area (Å²) in [7, 11) is 2.19. The largest absolute Gasteiger partial charge is 0.314 e. The van der Waals surface area contributed by atoms with Crippen LogP contribution in [0.2, 0.25) is 0 Å². The maximum absolute atomic E-state index is 3.63. The van der Waals surface area contributed by atoms with Crippen LogP contribution in [0, 0.1) is 0 Å². The number of benzene rings is 1. The third kappa shape index (κ3) is 2.76. The molecule has 18 heavy (non-hydrogen) atoms. The van der Waals surface area contributed by atoms with Gasteiger partial charge < -0.3 is 10.2 Å². The number of likely N-dealkylation sites (tertiary alicyclic amines) is 1. The highest BCUT2D eigenvalue weighted by molar-refractivity contribution is 5.28. The second-order valence-electron chi connectivity index (χ2n) is 6.01. The fourth-order valence-electron chi connectivity index (χ4n) is 3.22. The molecule has 1 aromatic rings. The zero-order valence-corrected chi connectivity index (χ0v) is 11.4. The van der Waals surface area contributed by atoms with Crippen LogP contribution in [0.3, 0.4) is 0 Å². The summed E-state index contributed by atoms with van der Waals surface area (Å²) in [5.41, 5.74) is 3.01. The van der Waals surface area contributed by atoms with Crippen molar-refractivity contribution in [2.45, 2.75) is 37.6 Å². The zero-order valence-electron chi connectivity index (χ0n) is 11.4. The van der Waals surface area contributed by atoms with Gasteiger partial charge in [0.1, 0.15) is 0 Å². The van der Waals surface area contributed by atoms with Gasteiger partial charge in [-0.25, -0.2) is 0 Å². The molecular weight excluding hydrogens is 220 g/mol. The molecule has 2 aliphatic rings. The molecule has 0 radical (unpaired) electrons. The second kappa shape index (κ2) is 5.41. The zero-order chi connectivity index (χ0) is 12.4. The van der Waals surface area contributed by atoms with Gasteiger partial charge in [0.15, 0.2) is 0 Å². The van der Waals surface area contributed by atoms with Crippen LogP contribution in [0.1, 0.15) is 36.3 Å². The summed E-state index contributed by atoms with van der Waals surface area (Å²) in [6, 6.07) is 10.1. The summed E-state index contributed by atoms with van der Waals surface area (Å²) in [6.45, 7) is 3.66. The van der Waals surface area contributed by atoms with E-state index in [0.717, 1.165) is 5.92 Å². The molecule has 2 saturated heterocycles. The second-order valence-corrected chi connectivity index (χ2v) is 6.01. The smallest absolute Gasteiger partial charge is 0.0107 e. The van der Waals surface area contributed by atoms with Gasteiger partial charge in [-0.3, -0.25) is 0 Å². The Morgan fingerprint density at radius 3 is 2.56 bits per heavy atom. The van der Waals surface area contributed by atoms with Crippen LogP contribution in [-0.4, -0.2) is 37.6 Å². The van der Waals surface area contributed by atoms with Gasteiger partial charge in [0.25, 0.3) is 0 Å². The topological polar surface area (TPSA) is 15.3 Å². The van der Waals surface area contributed by atoms with E-state index in [9.17, 15) is 0 Å². The minimum atomic E-state index is 0.708. The molecule has 2 nitrogen and oxygen atoms in total. The van der Waals surface area contributed by atoms with Crippen LogP contribution >= 0.6 is 0 Å². The average molecular weight is 244 g/mol. The average Bonchev–Trinajstić information content (AvgIpc) is 2.38. The Labute approximate surface area is 110 Å². The monoisotopic (exact) mass is 244 g/mol. The minimum absolute atomic E-state index is 0.708. The molecule has 0 spiro atoms. The lowest BCUT2D eigenvalue weighted by molar-refractivity contribution is 0.190. The van der Waals surface area contributed by atoms with Crippen LogP contribution in [-0.2, 0) is 6.42 Å². The lowest BCUT2D eigenvalue weighted by atomic mass is 9.90. The molecule has 0 amide bonds. The first-order valence-electron chi connectivity index (χ1n) is 7.32. The fourth-order valence-corrected chi connectivity index (χ4v) is 3.22. The quantitative estimate of drug-likeness (QED) is 0.878. The third-order valence-corrected chi connectivity index (χ3v) is 4.41. The van der Waals surface area contributed by atoms with Crippen LogP contribution in [0.15, 0.2) is 24.3 Å². The summed E-state index contributed by atoms with van der Waals surface area (Å²) >= 11 is 0. The van der Waals surface area contributed by atoms with Crippen LogP contribution in [0.4, 0.5) is 0 Å². The van der Waals surface area contributed by atoms with Crippen molar-refractivity contribution in [3.63, 3.8) is 0 Å². The Kier molecular flexibility index (Phi) is 3.67. The van der Waals surface area contributed by atoms with Crippen molar-refractivity contribution < 1.29 is 0 Å². The van der Waals surface area contributed by atoms with Gasteiger partial charge in [-0.05, 0) is 44.0 Å². The highest BCUT2D eigenvalue weighted by Crippen LogP contribution is 2.26. The highest BCUT2D eigenvalue weighted by Gasteiger charge is 2.24. The van der Waals surface area contributed by atoms with Gasteiger partial charge in [-0.2, -0.15) is 0 Å². The molecule has 3 rings (SSSR count). The SMILES string of the molecule is CN1CC(c2ccc(CC3CCCCN3)cc2)C1. The Balaban J connectivity index is 1.57. The molecule has 0 aromatic heterocycles. The van der Waals surface area contributed by atoms with Crippen molar-refractivity contribution in [2.24, 2.45) is 0 Å². The van der Waals surface area contributed by atoms with Crippen molar-refractivity contribution in [1.29, 1.82) is 0 Å². The highest BCUT2D eigenvalue weighted by atomic mass is 15.2. The van der Waals surface area contributed by atoms with E-state index >= 15 is 0 Å². The van der Waals surface area contributed by atoms with E-state index in [1.807, 2.05) is 0 Å². The Hall–Kier alpha value is -0.860. The summed E-state index contributed by atoms with van der Waals surface area (Å²) < 4.78 is 0. The number of rotatable bonds is 3. The number of hydrogen-bond acceptors (Lipinski definition) is 2. The van der Waals surface area contributed by atoms with Crippen LogP contribution in [0.5, 0.6) is 0 Å². The van der Waals surface area contributed by atoms with E-state index in [1.165, 1.54) is 56.4 Å². The van der Waals surface area contributed by atoms with Gasteiger partial charge in [0.2, 0.25) is 0 Å². The first-order chi connectivity index (χ1) is 8.81. The first kappa shape index (κ1) is 12.2. The van der Waals surface area contributed by atoms with Crippen molar-refractivity contribution in [1.82, 2.24) is 10.2 Å². The van der Waals surface area contributed by atoms with Gasteiger partial charge >= 0.3 is 0 Å². The van der Waals surface area contributed by atoms with Crippen LogP contribution in [0.25, 0.3) is 0 Å². The predicted octanol–water partition coefficient (Wildman–Crippen LogP) is 2.40. The summed E-state index contributed by atoms with van der Waals surface area (Å²) in [5.74, 6) is 0.775. The summed E-state index contributed by atoms with van der Waals surface area (Å²) in [6.07, 6.45) is 5.29. The van der Waals surface area contributed by atoms with Gasteiger partial charge in [0.05, 0.1) is 0 Å². The minimum Gasteiger partial charge on any atom is -0.314 e. The molecule has 2 heteroatoms. The van der Waals surface area contributed by atoms with Crippen molar-refractivity contribution >= 4 is 0 Å². The molecule has 98 valence electrons. The standard InChI is InChI=1S/C16H24N2/c1-18-11-15(12-18)14-7-5-13(6-8-14)10-16-4-2-3-9-17-16/h5-8,15-17H,2-4,9-12H2,1H3. The predicted molar refractivity (Wildman–Crippen MR) is 76.0 cm³/mol. The Morgan fingerprint density at radius 1 is 1.17 bits per heavy atom. The molecule has 2 aliphatic heterocycles. The first-order valence-corrected chi connectivity index (χ1v) is 7.32. The van der Waals surface area contributed by atoms with Crippen molar-refractivity contribution in [3.05, 3.63) is 35.4 Å². The summed E-state index contributed by atoms with van der Waals surface area (Å²) in [5, 5.41) is 3.63. The Bertz CT molecular complexity index is 373. The molecule has 1 unspecified atom stereocenters. The number of nitrogens with one attached hydrogen (secondary N) is 1. The van der Waals surface area contributed by atoms with Crippen molar-refractivity contribution in [2.75, 3.05) is 26.7 Å². The number of hydrogen-bond donors (Lipinski definition) is 1. The van der Waals surface area contributed by atoms with Crippen molar-refractivity contribution in [3.8, 4) is 0 Å². The van der Waals surface area contributed by atoms with Gasteiger partial charge in [-0.1, -0.05) is 30.7 Å². The Morgan fingerprint density at radius 2 is 1.94 bits per heavy atom. The van der Waals surface area contributed by atoms with Gasteiger partial charge in [0, 0.05) is 25.0 Å².